The molecule has 148 valence electrons. The molecule has 6 heteroatoms. The van der Waals surface area contributed by atoms with Gasteiger partial charge in [-0.3, -0.25) is 9.59 Å². The van der Waals surface area contributed by atoms with E-state index in [0.717, 1.165) is 5.69 Å². The van der Waals surface area contributed by atoms with Gasteiger partial charge in [-0.05, 0) is 47.9 Å². The van der Waals surface area contributed by atoms with E-state index in [1.54, 1.807) is 29.2 Å². The molecule has 6 nitrogen and oxygen atoms in total. The van der Waals surface area contributed by atoms with E-state index >= 15 is 0 Å². The highest BCUT2D eigenvalue weighted by Crippen LogP contribution is 2.20. The number of carbonyl (C=O) groups excluding carboxylic acids is 3. The van der Waals surface area contributed by atoms with Gasteiger partial charge in [0, 0.05) is 31.3 Å². The lowest BCUT2D eigenvalue weighted by Gasteiger charge is -2.21. The largest absolute Gasteiger partial charge is 0.465 e. The van der Waals surface area contributed by atoms with Gasteiger partial charge in [0.2, 0.25) is 11.8 Å². The van der Waals surface area contributed by atoms with Crippen LogP contribution in [0.5, 0.6) is 0 Å². The molecule has 0 spiro atoms. The first-order chi connectivity index (χ1) is 13.3. The lowest BCUT2D eigenvalue weighted by Crippen LogP contribution is -2.31. The van der Waals surface area contributed by atoms with Gasteiger partial charge < -0.3 is 15.0 Å². The highest BCUT2D eigenvalue weighted by molar-refractivity contribution is 5.95. The maximum atomic E-state index is 12.2. The van der Waals surface area contributed by atoms with E-state index in [1.165, 1.54) is 19.6 Å². The number of nitrogens with one attached hydrogen (secondary N) is 1. The average molecular weight is 382 g/mol. The van der Waals surface area contributed by atoms with Crippen LogP contribution in [0.2, 0.25) is 0 Å². The molecular weight excluding hydrogens is 356 g/mol. The number of nitrogens with zero attached hydrogens (tertiary/aromatic N) is 1. The van der Waals surface area contributed by atoms with Gasteiger partial charge >= 0.3 is 5.97 Å². The Hall–Kier alpha value is -3.15. The minimum atomic E-state index is -0.432. The van der Waals surface area contributed by atoms with Crippen molar-refractivity contribution in [2.45, 2.75) is 33.1 Å². The van der Waals surface area contributed by atoms with Crippen LogP contribution in [0.1, 0.15) is 49.0 Å². The van der Waals surface area contributed by atoms with Gasteiger partial charge in [-0.1, -0.05) is 26.0 Å². The SMILES string of the molecule is COC(=O)c1ccc(NC(=O)CCN(C(C)=O)c2ccc(C(C)C)cc2)cc1. The number of carbonyl (C=O) groups is 3. The monoisotopic (exact) mass is 382 g/mol. The number of benzene rings is 2. The van der Waals surface area contributed by atoms with E-state index in [-0.39, 0.29) is 24.8 Å². The molecule has 0 aliphatic rings. The topological polar surface area (TPSA) is 75.7 Å². The fourth-order valence-electron chi connectivity index (χ4n) is 2.75. The van der Waals surface area contributed by atoms with Crippen LogP contribution >= 0.6 is 0 Å². The summed E-state index contributed by atoms with van der Waals surface area (Å²) in [7, 11) is 1.31. The highest BCUT2D eigenvalue weighted by atomic mass is 16.5. The Bertz CT molecular complexity index is 827. The van der Waals surface area contributed by atoms with Gasteiger partial charge in [-0.2, -0.15) is 0 Å². The molecule has 0 radical (unpaired) electrons. The molecule has 0 aliphatic carbocycles. The Labute approximate surface area is 165 Å². The van der Waals surface area contributed by atoms with E-state index in [4.69, 9.17) is 0 Å². The van der Waals surface area contributed by atoms with Crippen LogP contribution in [-0.2, 0) is 14.3 Å². The molecule has 0 fully saturated rings. The van der Waals surface area contributed by atoms with Gasteiger partial charge in [0.1, 0.15) is 0 Å². The van der Waals surface area contributed by atoms with Crippen molar-refractivity contribution in [1.29, 1.82) is 0 Å². The minimum Gasteiger partial charge on any atom is -0.465 e. The molecule has 0 saturated heterocycles. The lowest BCUT2D eigenvalue weighted by atomic mass is 10.0. The van der Waals surface area contributed by atoms with Crippen molar-refractivity contribution in [3.8, 4) is 0 Å². The third-order valence-electron chi connectivity index (χ3n) is 4.40. The highest BCUT2D eigenvalue weighted by Gasteiger charge is 2.14. The van der Waals surface area contributed by atoms with Crippen LogP contribution in [-0.4, -0.2) is 31.4 Å². The van der Waals surface area contributed by atoms with E-state index in [2.05, 4.69) is 23.9 Å². The molecule has 1 N–H and O–H groups in total. The smallest absolute Gasteiger partial charge is 0.337 e. The zero-order chi connectivity index (χ0) is 20.7. The zero-order valence-electron chi connectivity index (χ0n) is 16.7. The number of anilines is 2. The number of amides is 2. The quantitative estimate of drug-likeness (QED) is 0.735. The number of esters is 1. The van der Waals surface area contributed by atoms with Gasteiger partial charge in [-0.15, -0.1) is 0 Å². The van der Waals surface area contributed by atoms with Crippen LogP contribution in [0.4, 0.5) is 11.4 Å². The molecule has 0 bridgehead atoms. The summed E-state index contributed by atoms with van der Waals surface area (Å²) in [5.74, 6) is -0.349. The van der Waals surface area contributed by atoms with Gasteiger partial charge in [-0.25, -0.2) is 4.79 Å². The summed E-state index contributed by atoms with van der Waals surface area (Å²) in [6.07, 6.45) is 0.157. The summed E-state index contributed by atoms with van der Waals surface area (Å²) < 4.78 is 4.64. The molecule has 0 atom stereocenters. The van der Waals surface area contributed by atoms with Gasteiger partial charge in [0.05, 0.1) is 12.7 Å². The maximum Gasteiger partial charge on any atom is 0.337 e. The van der Waals surface area contributed by atoms with Crippen molar-refractivity contribution in [3.05, 3.63) is 59.7 Å². The predicted octanol–water partition coefficient (Wildman–Crippen LogP) is 3.98. The molecule has 2 aromatic carbocycles. The third-order valence-corrected chi connectivity index (χ3v) is 4.40. The van der Waals surface area contributed by atoms with Crippen LogP contribution in [0.15, 0.2) is 48.5 Å². The molecule has 28 heavy (non-hydrogen) atoms. The normalized spacial score (nSPS) is 10.5. The minimum absolute atomic E-state index is 0.118. The number of rotatable bonds is 7. The van der Waals surface area contributed by atoms with Crippen LogP contribution in [0.3, 0.4) is 0 Å². The molecule has 2 rings (SSSR count). The summed E-state index contributed by atoms with van der Waals surface area (Å²) in [4.78, 5) is 37.3. The molecule has 0 aliphatic heterocycles. The molecule has 0 heterocycles. The zero-order valence-corrected chi connectivity index (χ0v) is 16.7. The molecule has 2 aromatic rings. The molecule has 0 unspecified atom stereocenters. The molecule has 0 saturated carbocycles. The van der Waals surface area contributed by atoms with Gasteiger partial charge in [0.15, 0.2) is 0 Å². The van der Waals surface area contributed by atoms with Gasteiger partial charge in [0.25, 0.3) is 0 Å². The number of methoxy groups -OCH3 is 1. The first-order valence-electron chi connectivity index (χ1n) is 9.18. The van der Waals surface area contributed by atoms with E-state index in [9.17, 15) is 14.4 Å². The van der Waals surface area contributed by atoms with Crippen LogP contribution < -0.4 is 10.2 Å². The Balaban J connectivity index is 1.96. The van der Waals surface area contributed by atoms with Crippen molar-refractivity contribution >= 4 is 29.2 Å². The fourth-order valence-corrected chi connectivity index (χ4v) is 2.75. The summed E-state index contributed by atoms with van der Waals surface area (Å²) in [6.45, 7) is 5.99. The summed E-state index contributed by atoms with van der Waals surface area (Å²) in [5, 5.41) is 2.77. The first-order valence-corrected chi connectivity index (χ1v) is 9.18. The summed E-state index contributed by atoms with van der Waals surface area (Å²) in [5.41, 5.74) is 2.95. The van der Waals surface area contributed by atoms with Crippen molar-refractivity contribution in [2.24, 2.45) is 0 Å². The second-order valence-electron chi connectivity index (χ2n) is 6.78. The summed E-state index contributed by atoms with van der Waals surface area (Å²) in [6, 6.07) is 14.2. The number of hydrogen-bond acceptors (Lipinski definition) is 4. The molecule has 2 amide bonds. The number of hydrogen-bond donors (Lipinski definition) is 1. The number of ether oxygens (including phenoxy) is 1. The second kappa shape index (κ2) is 9.69. The Kier molecular flexibility index (Phi) is 7.32. The molecule has 0 aromatic heterocycles. The van der Waals surface area contributed by atoms with Crippen molar-refractivity contribution < 1.29 is 19.1 Å². The Morgan fingerprint density at radius 3 is 2.11 bits per heavy atom. The standard InChI is InChI=1S/C22H26N2O4/c1-15(2)17-7-11-20(12-8-17)24(16(3)25)14-13-21(26)23-19-9-5-18(6-10-19)22(27)28-4/h5-12,15H,13-14H2,1-4H3,(H,23,26). The fraction of sp³-hybridized carbons (Fsp3) is 0.318. The average Bonchev–Trinajstić information content (AvgIpc) is 2.68. The van der Waals surface area contributed by atoms with Crippen LogP contribution in [0, 0.1) is 0 Å². The van der Waals surface area contributed by atoms with E-state index < -0.39 is 5.97 Å². The van der Waals surface area contributed by atoms with Crippen molar-refractivity contribution in [3.63, 3.8) is 0 Å². The summed E-state index contributed by atoms with van der Waals surface area (Å²) >= 11 is 0. The van der Waals surface area contributed by atoms with E-state index in [1.807, 2.05) is 24.3 Å². The molecular formula is C22H26N2O4. The lowest BCUT2D eigenvalue weighted by molar-refractivity contribution is -0.117. The maximum absolute atomic E-state index is 12.2. The Morgan fingerprint density at radius 1 is 1.00 bits per heavy atom. The van der Waals surface area contributed by atoms with Crippen molar-refractivity contribution in [2.75, 3.05) is 23.9 Å². The van der Waals surface area contributed by atoms with E-state index in [0.29, 0.717) is 17.2 Å². The predicted molar refractivity (Wildman–Crippen MR) is 110 cm³/mol. The second-order valence-corrected chi connectivity index (χ2v) is 6.78. The van der Waals surface area contributed by atoms with Crippen molar-refractivity contribution in [1.82, 2.24) is 0 Å². The van der Waals surface area contributed by atoms with Crippen LogP contribution in [0.25, 0.3) is 0 Å². The third kappa shape index (κ3) is 5.67. The first kappa shape index (κ1) is 21.2. The Morgan fingerprint density at radius 2 is 1.61 bits per heavy atom.